The SMILES string of the molecule is Cc1cc(COC(=O)C2CCN(c3nc4ccccc4o3)CC2)no1. The van der Waals surface area contributed by atoms with E-state index in [9.17, 15) is 4.79 Å². The van der Waals surface area contributed by atoms with Crippen molar-refractivity contribution in [1.29, 1.82) is 0 Å². The molecule has 3 heterocycles. The number of aromatic nitrogens is 2. The number of anilines is 1. The molecule has 7 nitrogen and oxygen atoms in total. The van der Waals surface area contributed by atoms with Gasteiger partial charge in [-0.1, -0.05) is 17.3 Å². The number of esters is 1. The van der Waals surface area contributed by atoms with Crippen LogP contribution in [0.5, 0.6) is 0 Å². The molecule has 2 aromatic heterocycles. The van der Waals surface area contributed by atoms with Gasteiger partial charge in [0.1, 0.15) is 23.6 Å². The Morgan fingerprint density at radius 1 is 1.32 bits per heavy atom. The van der Waals surface area contributed by atoms with Crippen molar-refractivity contribution in [2.24, 2.45) is 5.92 Å². The van der Waals surface area contributed by atoms with Crippen LogP contribution in [0, 0.1) is 12.8 Å². The van der Waals surface area contributed by atoms with Gasteiger partial charge in [-0.15, -0.1) is 0 Å². The van der Waals surface area contributed by atoms with Crippen LogP contribution in [0.15, 0.2) is 39.3 Å². The van der Waals surface area contributed by atoms with Crippen molar-refractivity contribution in [2.75, 3.05) is 18.0 Å². The Bertz CT molecular complexity index is 844. The van der Waals surface area contributed by atoms with Crippen molar-refractivity contribution in [3.05, 3.63) is 41.8 Å². The van der Waals surface area contributed by atoms with Gasteiger partial charge in [0, 0.05) is 19.2 Å². The summed E-state index contributed by atoms with van der Waals surface area (Å²) < 4.78 is 16.1. The Balaban J connectivity index is 1.32. The van der Waals surface area contributed by atoms with E-state index in [2.05, 4.69) is 15.0 Å². The molecule has 0 atom stereocenters. The summed E-state index contributed by atoms with van der Waals surface area (Å²) in [4.78, 5) is 18.8. The second kappa shape index (κ2) is 6.58. The second-order valence-electron chi connectivity index (χ2n) is 6.26. The standard InChI is InChI=1S/C18H19N3O4/c1-12-10-14(20-25-12)11-23-17(22)13-6-8-21(9-7-13)18-19-15-4-2-3-5-16(15)24-18/h2-5,10,13H,6-9,11H2,1H3. The first-order valence-electron chi connectivity index (χ1n) is 8.38. The molecule has 4 rings (SSSR count). The number of piperidine rings is 1. The minimum atomic E-state index is -0.183. The Labute approximate surface area is 144 Å². The summed E-state index contributed by atoms with van der Waals surface area (Å²) in [5, 5.41) is 3.82. The van der Waals surface area contributed by atoms with Gasteiger partial charge in [-0.3, -0.25) is 4.79 Å². The molecule has 0 radical (unpaired) electrons. The van der Waals surface area contributed by atoms with Crippen LogP contribution in [0.25, 0.3) is 11.1 Å². The van der Waals surface area contributed by atoms with Gasteiger partial charge in [0.2, 0.25) is 0 Å². The highest BCUT2D eigenvalue weighted by Crippen LogP contribution is 2.26. The van der Waals surface area contributed by atoms with Crippen LogP contribution in [0.1, 0.15) is 24.3 Å². The predicted octanol–water partition coefficient (Wildman–Crippen LogP) is 3.08. The maximum atomic E-state index is 12.2. The minimum absolute atomic E-state index is 0.103. The van der Waals surface area contributed by atoms with E-state index in [1.165, 1.54) is 0 Å². The zero-order valence-corrected chi connectivity index (χ0v) is 14.0. The molecule has 7 heteroatoms. The molecule has 1 fully saturated rings. The summed E-state index contributed by atoms with van der Waals surface area (Å²) in [6, 6.07) is 10.1. The lowest BCUT2D eigenvalue weighted by atomic mass is 9.97. The number of oxazole rings is 1. The molecule has 0 bridgehead atoms. The molecule has 0 aliphatic carbocycles. The van der Waals surface area contributed by atoms with Gasteiger partial charge in [-0.25, -0.2) is 0 Å². The molecule has 0 N–H and O–H groups in total. The quantitative estimate of drug-likeness (QED) is 0.674. The van der Waals surface area contributed by atoms with Crippen molar-refractivity contribution in [3.63, 3.8) is 0 Å². The molecule has 0 unspecified atom stereocenters. The smallest absolute Gasteiger partial charge is 0.309 e. The number of rotatable bonds is 4. The summed E-state index contributed by atoms with van der Waals surface area (Å²) in [6.07, 6.45) is 1.44. The van der Waals surface area contributed by atoms with Crippen molar-refractivity contribution in [1.82, 2.24) is 10.1 Å². The Kier molecular flexibility index (Phi) is 4.13. The summed E-state index contributed by atoms with van der Waals surface area (Å²) in [7, 11) is 0. The molecular weight excluding hydrogens is 322 g/mol. The molecule has 0 saturated carbocycles. The molecule has 25 heavy (non-hydrogen) atoms. The molecular formula is C18H19N3O4. The third-order valence-electron chi connectivity index (χ3n) is 4.42. The normalized spacial score (nSPS) is 15.6. The van der Waals surface area contributed by atoms with Crippen LogP contribution >= 0.6 is 0 Å². The Morgan fingerprint density at radius 3 is 2.84 bits per heavy atom. The molecule has 0 spiro atoms. The van der Waals surface area contributed by atoms with E-state index < -0.39 is 0 Å². The monoisotopic (exact) mass is 341 g/mol. The molecule has 1 aliphatic rings. The average molecular weight is 341 g/mol. The van der Waals surface area contributed by atoms with Crippen molar-refractivity contribution < 1.29 is 18.5 Å². The molecule has 1 saturated heterocycles. The summed E-state index contributed by atoms with van der Waals surface area (Å²) in [5.74, 6) is 0.421. The van der Waals surface area contributed by atoms with E-state index in [0.29, 0.717) is 17.5 Å². The van der Waals surface area contributed by atoms with Gasteiger partial charge in [-0.2, -0.15) is 4.98 Å². The van der Waals surface area contributed by atoms with Gasteiger partial charge in [-0.05, 0) is 31.9 Å². The van der Waals surface area contributed by atoms with Crippen LogP contribution in [0.2, 0.25) is 0 Å². The Hall–Kier alpha value is -2.83. The van der Waals surface area contributed by atoms with Crippen LogP contribution in [0.4, 0.5) is 6.01 Å². The lowest BCUT2D eigenvalue weighted by Gasteiger charge is -2.29. The number of hydrogen-bond donors (Lipinski definition) is 0. The fourth-order valence-electron chi connectivity index (χ4n) is 3.05. The van der Waals surface area contributed by atoms with Gasteiger partial charge in [0.15, 0.2) is 5.58 Å². The number of fused-ring (bicyclic) bond motifs is 1. The Morgan fingerprint density at radius 2 is 2.12 bits per heavy atom. The van der Waals surface area contributed by atoms with E-state index in [-0.39, 0.29) is 18.5 Å². The van der Waals surface area contributed by atoms with Gasteiger partial charge in [0.25, 0.3) is 6.01 Å². The van der Waals surface area contributed by atoms with Gasteiger partial charge in [0.05, 0.1) is 5.92 Å². The second-order valence-corrected chi connectivity index (χ2v) is 6.26. The predicted molar refractivity (Wildman–Crippen MR) is 90.0 cm³/mol. The number of hydrogen-bond acceptors (Lipinski definition) is 7. The molecule has 3 aromatic rings. The van der Waals surface area contributed by atoms with Crippen LogP contribution in [-0.4, -0.2) is 29.2 Å². The third-order valence-corrected chi connectivity index (χ3v) is 4.42. The van der Waals surface area contributed by atoms with Crippen molar-refractivity contribution in [3.8, 4) is 0 Å². The molecule has 1 aromatic carbocycles. The number of nitrogens with zero attached hydrogens (tertiary/aromatic N) is 3. The van der Waals surface area contributed by atoms with Gasteiger partial charge < -0.3 is 18.6 Å². The fraction of sp³-hybridized carbons (Fsp3) is 0.389. The van der Waals surface area contributed by atoms with E-state index in [1.807, 2.05) is 24.3 Å². The highest BCUT2D eigenvalue weighted by molar-refractivity contribution is 5.75. The maximum Gasteiger partial charge on any atom is 0.309 e. The topological polar surface area (TPSA) is 81.6 Å². The van der Waals surface area contributed by atoms with Crippen LogP contribution in [-0.2, 0) is 16.1 Å². The number of aryl methyl sites for hydroxylation is 1. The highest BCUT2D eigenvalue weighted by Gasteiger charge is 2.28. The minimum Gasteiger partial charge on any atom is -0.459 e. The zero-order chi connectivity index (χ0) is 17.2. The van der Waals surface area contributed by atoms with Crippen LogP contribution in [0.3, 0.4) is 0 Å². The first-order chi connectivity index (χ1) is 12.2. The first kappa shape index (κ1) is 15.7. The lowest BCUT2D eigenvalue weighted by Crippen LogP contribution is -2.37. The maximum absolute atomic E-state index is 12.2. The molecule has 130 valence electrons. The lowest BCUT2D eigenvalue weighted by molar-refractivity contribution is -0.150. The van der Waals surface area contributed by atoms with Gasteiger partial charge >= 0.3 is 5.97 Å². The van der Waals surface area contributed by atoms with E-state index in [0.717, 1.165) is 37.0 Å². The zero-order valence-electron chi connectivity index (χ0n) is 14.0. The van der Waals surface area contributed by atoms with E-state index >= 15 is 0 Å². The van der Waals surface area contributed by atoms with Crippen LogP contribution < -0.4 is 4.90 Å². The van der Waals surface area contributed by atoms with Crippen molar-refractivity contribution in [2.45, 2.75) is 26.4 Å². The number of carbonyl (C=O) groups excluding carboxylic acids is 1. The van der Waals surface area contributed by atoms with E-state index in [4.69, 9.17) is 13.7 Å². The first-order valence-corrected chi connectivity index (χ1v) is 8.38. The third kappa shape index (κ3) is 3.35. The number of ether oxygens (including phenoxy) is 1. The largest absolute Gasteiger partial charge is 0.459 e. The number of para-hydroxylation sites is 2. The summed E-state index contributed by atoms with van der Waals surface area (Å²) in [5.41, 5.74) is 2.26. The summed E-state index contributed by atoms with van der Waals surface area (Å²) >= 11 is 0. The molecule has 1 aliphatic heterocycles. The number of carbonyl (C=O) groups is 1. The molecule has 0 amide bonds. The highest BCUT2D eigenvalue weighted by atomic mass is 16.5. The van der Waals surface area contributed by atoms with Crippen molar-refractivity contribution >= 4 is 23.1 Å². The fourth-order valence-corrected chi connectivity index (χ4v) is 3.05. The van der Waals surface area contributed by atoms with E-state index in [1.54, 1.807) is 13.0 Å². The number of benzene rings is 1. The average Bonchev–Trinajstić information content (AvgIpc) is 3.25. The summed E-state index contributed by atoms with van der Waals surface area (Å²) in [6.45, 7) is 3.40.